The molecule has 0 aliphatic rings. The lowest BCUT2D eigenvalue weighted by atomic mass is 10.1. The maximum Gasteiger partial charge on any atom is 0.573 e. The zero-order valence-electron chi connectivity index (χ0n) is 14.0. The molecule has 138 valence electrons. The van der Waals surface area contributed by atoms with Gasteiger partial charge in [-0.25, -0.2) is 0 Å². The van der Waals surface area contributed by atoms with Gasteiger partial charge in [0, 0.05) is 15.5 Å². The van der Waals surface area contributed by atoms with Gasteiger partial charge < -0.3 is 4.74 Å². The van der Waals surface area contributed by atoms with Crippen LogP contribution in [0.3, 0.4) is 0 Å². The molecule has 0 saturated heterocycles. The molecular formula is C20H13F3INOS. The third kappa shape index (κ3) is 3.58. The summed E-state index contributed by atoms with van der Waals surface area (Å²) in [5, 5.41) is 2.39. The van der Waals surface area contributed by atoms with Gasteiger partial charge in [0.1, 0.15) is 5.75 Å². The van der Waals surface area contributed by atoms with Gasteiger partial charge in [0.2, 0.25) is 0 Å². The van der Waals surface area contributed by atoms with Crippen molar-refractivity contribution in [3.8, 4) is 5.75 Å². The van der Waals surface area contributed by atoms with Crippen molar-refractivity contribution in [3.63, 3.8) is 0 Å². The third-order valence-corrected chi connectivity index (χ3v) is 6.66. The number of rotatable bonds is 3. The van der Waals surface area contributed by atoms with Gasteiger partial charge in [-0.3, -0.25) is 3.11 Å². The monoisotopic (exact) mass is 499 g/mol. The molecule has 0 aliphatic heterocycles. The molecule has 4 aromatic rings. The zero-order valence-corrected chi connectivity index (χ0v) is 17.0. The van der Waals surface area contributed by atoms with Crippen molar-refractivity contribution >= 4 is 65.7 Å². The zero-order chi connectivity index (χ0) is 19.2. The summed E-state index contributed by atoms with van der Waals surface area (Å²) in [5.41, 5.74) is 3.00. The van der Waals surface area contributed by atoms with Crippen molar-refractivity contribution in [1.29, 1.82) is 0 Å². The van der Waals surface area contributed by atoms with E-state index in [-0.39, 0.29) is 5.75 Å². The molecule has 2 nitrogen and oxygen atoms in total. The number of thiophene rings is 1. The van der Waals surface area contributed by atoms with Crippen LogP contribution in [0.2, 0.25) is 0 Å². The predicted molar refractivity (Wildman–Crippen MR) is 113 cm³/mol. The molecule has 0 amide bonds. The molecule has 0 atom stereocenters. The SMILES string of the molecule is Cc1cccc2c1sc1c(N(I)c3ccc(OC(F)(F)F)cc3)cccc12. The number of hydrogen-bond acceptors (Lipinski definition) is 3. The van der Waals surface area contributed by atoms with E-state index >= 15 is 0 Å². The topological polar surface area (TPSA) is 12.5 Å². The molecule has 0 fully saturated rings. The van der Waals surface area contributed by atoms with E-state index in [1.165, 1.54) is 33.2 Å². The number of benzene rings is 3. The predicted octanol–water partition coefficient (Wildman–Crippen LogP) is 7.75. The molecule has 0 unspecified atom stereocenters. The number of anilines is 2. The normalized spacial score (nSPS) is 11.9. The molecule has 0 radical (unpaired) electrons. The Morgan fingerprint density at radius 3 is 2.19 bits per heavy atom. The Kier molecular flexibility index (Phi) is 4.67. The molecule has 0 aliphatic carbocycles. The van der Waals surface area contributed by atoms with Gasteiger partial charge in [0.25, 0.3) is 0 Å². The maximum absolute atomic E-state index is 12.3. The van der Waals surface area contributed by atoms with Crippen LogP contribution in [0.15, 0.2) is 60.7 Å². The summed E-state index contributed by atoms with van der Waals surface area (Å²) >= 11 is 3.90. The number of ether oxygens (including phenoxy) is 1. The summed E-state index contributed by atoms with van der Waals surface area (Å²) in [7, 11) is 0. The first kappa shape index (κ1) is 18.4. The van der Waals surface area contributed by atoms with E-state index in [1.54, 1.807) is 23.5 Å². The van der Waals surface area contributed by atoms with Gasteiger partial charge in [0.05, 0.1) is 38.9 Å². The smallest absolute Gasteiger partial charge is 0.406 e. The minimum Gasteiger partial charge on any atom is -0.406 e. The van der Waals surface area contributed by atoms with Gasteiger partial charge in [-0.05, 0) is 42.8 Å². The lowest BCUT2D eigenvalue weighted by Crippen LogP contribution is -2.17. The average molecular weight is 499 g/mol. The summed E-state index contributed by atoms with van der Waals surface area (Å²) in [6, 6.07) is 18.3. The van der Waals surface area contributed by atoms with Crippen LogP contribution in [0.4, 0.5) is 24.5 Å². The first-order valence-corrected chi connectivity index (χ1v) is 9.84. The molecular weight excluding hydrogens is 486 g/mol. The second kappa shape index (κ2) is 6.87. The third-order valence-electron chi connectivity index (χ3n) is 4.21. The highest BCUT2D eigenvalue weighted by molar-refractivity contribution is 14.1. The van der Waals surface area contributed by atoms with E-state index in [2.05, 4.69) is 58.8 Å². The van der Waals surface area contributed by atoms with E-state index in [0.717, 1.165) is 16.1 Å². The molecule has 1 aromatic heterocycles. The number of nitrogens with zero attached hydrogens (tertiary/aromatic N) is 1. The molecule has 0 N–H and O–H groups in total. The number of hydrogen-bond donors (Lipinski definition) is 0. The largest absolute Gasteiger partial charge is 0.573 e. The number of halogens is 4. The summed E-state index contributed by atoms with van der Waals surface area (Å²) < 4.78 is 45.3. The second-order valence-corrected chi connectivity index (χ2v) is 8.02. The van der Waals surface area contributed by atoms with Crippen molar-refractivity contribution < 1.29 is 17.9 Å². The molecule has 7 heteroatoms. The number of alkyl halides is 3. The summed E-state index contributed by atoms with van der Waals surface area (Å²) in [6.07, 6.45) is -4.69. The van der Waals surface area contributed by atoms with Gasteiger partial charge in [-0.1, -0.05) is 30.3 Å². The quantitative estimate of drug-likeness (QED) is 0.211. The Balaban J connectivity index is 1.75. The number of aryl methyl sites for hydroxylation is 1. The molecule has 27 heavy (non-hydrogen) atoms. The molecule has 1 heterocycles. The second-order valence-electron chi connectivity index (χ2n) is 6.03. The molecule has 3 aromatic carbocycles. The minimum absolute atomic E-state index is 0.230. The van der Waals surface area contributed by atoms with E-state index < -0.39 is 6.36 Å². The fourth-order valence-corrected chi connectivity index (χ4v) is 5.18. The summed E-state index contributed by atoms with van der Waals surface area (Å²) in [4.78, 5) is 0. The number of fused-ring (bicyclic) bond motifs is 3. The molecule has 0 saturated carbocycles. The van der Waals surface area contributed by atoms with Gasteiger partial charge >= 0.3 is 6.36 Å². The van der Waals surface area contributed by atoms with Crippen LogP contribution in [0, 0.1) is 6.92 Å². The van der Waals surface area contributed by atoms with Crippen LogP contribution in [0.5, 0.6) is 5.75 Å². The maximum atomic E-state index is 12.3. The fourth-order valence-electron chi connectivity index (χ4n) is 3.02. The Hall–Kier alpha value is -2.00. The van der Waals surface area contributed by atoms with Crippen molar-refractivity contribution in [2.45, 2.75) is 13.3 Å². The average Bonchev–Trinajstić information content (AvgIpc) is 3.01. The minimum atomic E-state index is -4.69. The Morgan fingerprint density at radius 1 is 0.889 bits per heavy atom. The Labute approximate surface area is 171 Å². The highest BCUT2D eigenvalue weighted by atomic mass is 127. The summed E-state index contributed by atoms with van der Waals surface area (Å²) in [5.74, 6) is -0.230. The lowest BCUT2D eigenvalue weighted by Gasteiger charge is -2.18. The van der Waals surface area contributed by atoms with Gasteiger partial charge in [-0.15, -0.1) is 24.5 Å². The van der Waals surface area contributed by atoms with E-state index in [4.69, 9.17) is 0 Å². The van der Waals surface area contributed by atoms with E-state index in [0.29, 0.717) is 0 Å². The summed E-state index contributed by atoms with van der Waals surface area (Å²) in [6.45, 7) is 2.10. The van der Waals surface area contributed by atoms with Crippen LogP contribution < -0.4 is 7.85 Å². The van der Waals surface area contributed by atoms with Crippen molar-refractivity contribution in [3.05, 3.63) is 66.2 Å². The van der Waals surface area contributed by atoms with Crippen molar-refractivity contribution in [1.82, 2.24) is 0 Å². The first-order chi connectivity index (χ1) is 12.8. The Morgan fingerprint density at radius 2 is 1.52 bits per heavy atom. The molecule has 4 rings (SSSR count). The van der Waals surface area contributed by atoms with Gasteiger partial charge in [-0.2, -0.15) is 0 Å². The van der Waals surface area contributed by atoms with E-state index in [1.807, 2.05) is 15.2 Å². The van der Waals surface area contributed by atoms with Crippen LogP contribution in [-0.2, 0) is 0 Å². The van der Waals surface area contributed by atoms with Crippen molar-refractivity contribution in [2.75, 3.05) is 3.11 Å². The fraction of sp³-hybridized carbons (Fsp3) is 0.100. The standard InChI is InChI=1S/C20H13F3INOS/c1-12-4-2-5-15-16-6-3-7-17(19(16)27-18(12)15)25(24)13-8-10-14(11-9-13)26-20(21,22)23/h2-11H,1H3. The van der Waals surface area contributed by atoms with Crippen LogP contribution in [-0.4, -0.2) is 6.36 Å². The van der Waals surface area contributed by atoms with Gasteiger partial charge in [0.15, 0.2) is 0 Å². The highest BCUT2D eigenvalue weighted by Gasteiger charge is 2.31. The van der Waals surface area contributed by atoms with Crippen LogP contribution in [0.25, 0.3) is 20.2 Å². The van der Waals surface area contributed by atoms with Crippen LogP contribution in [0.1, 0.15) is 5.56 Å². The highest BCUT2D eigenvalue weighted by Crippen LogP contribution is 2.43. The van der Waals surface area contributed by atoms with Crippen molar-refractivity contribution in [2.24, 2.45) is 0 Å². The lowest BCUT2D eigenvalue weighted by molar-refractivity contribution is -0.274. The van der Waals surface area contributed by atoms with Crippen LogP contribution >= 0.6 is 34.2 Å². The molecule has 0 bridgehead atoms. The Bertz CT molecular complexity index is 1120. The molecule has 0 spiro atoms. The van der Waals surface area contributed by atoms with E-state index in [9.17, 15) is 13.2 Å². The first-order valence-electron chi connectivity index (χ1n) is 8.06.